The van der Waals surface area contributed by atoms with Gasteiger partial charge in [-0.3, -0.25) is 9.59 Å². The molecule has 0 fully saturated rings. The molecular weight excluding hydrogens is 424 g/mol. The van der Waals surface area contributed by atoms with Gasteiger partial charge in [-0.1, -0.05) is 73.9 Å². The van der Waals surface area contributed by atoms with Crippen LogP contribution in [0, 0.1) is 6.92 Å². The molecule has 5 heteroatoms. The van der Waals surface area contributed by atoms with Crippen molar-refractivity contribution in [3.8, 4) is 11.1 Å². The van der Waals surface area contributed by atoms with Crippen LogP contribution in [0.2, 0.25) is 0 Å². The number of carbonyl (C=O) groups is 2. The van der Waals surface area contributed by atoms with Crippen LogP contribution < -0.4 is 10.6 Å². The highest BCUT2D eigenvalue weighted by Gasteiger charge is 2.11. The third-order valence-electron chi connectivity index (χ3n) is 5.87. The van der Waals surface area contributed by atoms with E-state index in [2.05, 4.69) is 73.0 Å². The number of hydrogen-bond acceptors (Lipinski definition) is 3. The number of nitrogens with one attached hydrogen (secondary N) is 2. The Morgan fingerprint density at radius 2 is 1.50 bits per heavy atom. The van der Waals surface area contributed by atoms with Crippen molar-refractivity contribution in [2.24, 2.45) is 0 Å². The molecule has 5 nitrogen and oxygen atoms in total. The van der Waals surface area contributed by atoms with E-state index < -0.39 is 5.97 Å². The molecule has 0 saturated carbocycles. The second-order valence-electron chi connectivity index (χ2n) is 8.73. The van der Waals surface area contributed by atoms with Crippen LogP contribution in [-0.2, 0) is 11.2 Å². The van der Waals surface area contributed by atoms with Crippen molar-refractivity contribution in [3.05, 3.63) is 89.5 Å². The fourth-order valence-electron chi connectivity index (χ4n) is 3.88. The number of benzene rings is 3. The zero-order valence-electron chi connectivity index (χ0n) is 20.0. The third-order valence-corrected chi connectivity index (χ3v) is 5.87. The van der Waals surface area contributed by atoms with Crippen LogP contribution in [0.1, 0.15) is 54.1 Å². The van der Waals surface area contributed by atoms with Crippen LogP contribution >= 0.6 is 0 Å². The predicted molar refractivity (Wildman–Crippen MR) is 138 cm³/mol. The molecule has 3 aromatic rings. The maximum atomic E-state index is 12.2. The van der Waals surface area contributed by atoms with Crippen LogP contribution in [0.15, 0.2) is 72.8 Å². The molecule has 3 N–H and O–H groups in total. The topological polar surface area (TPSA) is 78.4 Å². The first kappa shape index (κ1) is 25.0. The van der Waals surface area contributed by atoms with Gasteiger partial charge in [0.2, 0.25) is 0 Å². The second kappa shape index (κ2) is 12.6. The van der Waals surface area contributed by atoms with Crippen molar-refractivity contribution in [3.63, 3.8) is 0 Å². The summed E-state index contributed by atoms with van der Waals surface area (Å²) in [5, 5.41) is 15.0. The summed E-state index contributed by atoms with van der Waals surface area (Å²) < 4.78 is 0. The van der Waals surface area contributed by atoms with E-state index in [1.807, 2.05) is 12.1 Å². The molecule has 1 amide bonds. The highest BCUT2D eigenvalue weighted by molar-refractivity contribution is 5.94. The van der Waals surface area contributed by atoms with Gasteiger partial charge < -0.3 is 15.7 Å². The molecule has 0 bridgehead atoms. The molecule has 0 spiro atoms. The molecule has 34 heavy (non-hydrogen) atoms. The normalized spacial score (nSPS) is 11.6. The molecule has 0 unspecified atom stereocenters. The molecule has 0 heterocycles. The van der Waals surface area contributed by atoms with Crippen molar-refractivity contribution in [1.29, 1.82) is 0 Å². The molecule has 1 atom stereocenters. The average molecular weight is 459 g/mol. The summed E-state index contributed by atoms with van der Waals surface area (Å²) >= 11 is 0. The van der Waals surface area contributed by atoms with Gasteiger partial charge in [0.25, 0.3) is 5.91 Å². The Bertz CT molecular complexity index is 1060. The van der Waals surface area contributed by atoms with Crippen LogP contribution in [0.5, 0.6) is 0 Å². The number of carbonyl (C=O) groups excluding carboxylic acids is 1. The summed E-state index contributed by atoms with van der Waals surface area (Å²) in [4.78, 5) is 22.8. The summed E-state index contributed by atoms with van der Waals surface area (Å²) in [7, 11) is 0. The molecule has 0 aliphatic rings. The minimum atomic E-state index is -0.928. The zero-order valence-corrected chi connectivity index (χ0v) is 20.0. The van der Waals surface area contributed by atoms with E-state index in [0.717, 1.165) is 31.4 Å². The SMILES string of the molecule is CCCC[C@@H](Cc1ccc(-c2ccc(C)cc2)cc1)Nc1ccc(C(=O)NCCC(=O)O)cc1. The first-order valence-electron chi connectivity index (χ1n) is 12.0. The molecule has 0 radical (unpaired) electrons. The van der Waals surface area contributed by atoms with Gasteiger partial charge >= 0.3 is 5.97 Å². The van der Waals surface area contributed by atoms with Gasteiger partial charge in [0, 0.05) is 23.8 Å². The van der Waals surface area contributed by atoms with E-state index in [4.69, 9.17) is 5.11 Å². The number of aryl methyl sites for hydroxylation is 1. The van der Waals surface area contributed by atoms with Crippen molar-refractivity contribution in [1.82, 2.24) is 5.32 Å². The van der Waals surface area contributed by atoms with Gasteiger partial charge in [0.15, 0.2) is 0 Å². The number of anilines is 1. The number of carboxylic acid groups (broad SMARTS) is 1. The lowest BCUT2D eigenvalue weighted by Gasteiger charge is -2.20. The summed E-state index contributed by atoms with van der Waals surface area (Å²) in [6.45, 7) is 4.42. The Balaban J connectivity index is 1.61. The molecule has 3 rings (SSSR count). The van der Waals surface area contributed by atoms with E-state index >= 15 is 0 Å². The fourth-order valence-corrected chi connectivity index (χ4v) is 3.88. The van der Waals surface area contributed by atoms with Gasteiger partial charge in [0.1, 0.15) is 0 Å². The lowest BCUT2D eigenvalue weighted by molar-refractivity contribution is -0.136. The predicted octanol–water partition coefficient (Wildman–Crippen LogP) is 6.08. The molecule has 178 valence electrons. The van der Waals surface area contributed by atoms with E-state index in [-0.39, 0.29) is 18.9 Å². The van der Waals surface area contributed by atoms with E-state index in [9.17, 15) is 9.59 Å². The highest BCUT2D eigenvalue weighted by atomic mass is 16.4. The summed E-state index contributed by atoms with van der Waals surface area (Å²) in [6.07, 6.45) is 4.18. The first-order valence-corrected chi connectivity index (χ1v) is 12.0. The number of aliphatic carboxylic acids is 1. The number of rotatable bonds is 12. The maximum absolute atomic E-state index is 12.2. The highest BCUT2D eigenvalue weighted by Crippen LogP contribution is 2.22. The molecule has 0 saturated heterocycles. The third kappa shape index (κ3) is 7.77. The fraction of sp³-hybridized carbons (Fsp3) is 0.310. The van der Waals surface area contributed by atoms with E-state index in [0.29, 0.717) is 11.6 Å². The molecule has 0 aromatic heterocycles. The lowest BCUT2D eigenvalue weighted by Crippen LogP contribution is -2.26. The molecular formula is C29H34N2O3. The van der Waals surface area contributed by atoms with E-state index in [1.54, 1.807) is 12.1 Å². The Morgan fingerprint density at radius 1 is 0.882 bits per heavy atom. The standard InChI is InChI=1S/C29H34N2O3/c1-3-4-5-27(20-22-8-12-24(13-9-22)23-10-6-21(2)7-11-23)31-26-16-14-25(15-17-26)29(34)30-19-18-28(32)33/h6-17,27,31H,3-5,18-20H2,1-2H3,(H,30,34)(H,32,33)/t27-/m0/s1. The van der Waals surface area contributed by atoms with Crippen LogP contribution in [-0.4, -0.2) is 29.6 Å². The van der Waals surface area contributed by atoms with Gasteiger partial charge in [0.05, 0.1) is 6.42 Å². The van der Waals surface area contributed by atoms with Gasteiger partial charge in [-0.2, -0.15) is 0 Å². The average Bonchev–Trinajstić information content (AvgIpc) is 2.84. The Labute approximate surface area is 202 Å². The van der Waals surface area contributed by atoms with Gasteiger partial charge in [-0.05, 0) is 60.7 Å². The monoisotopic (exact) mass is 458 g/mol. The van der Waals surface area contributed by atoms with Crippen molar-refractivity contribution >= 4 is 17.6 Å². The Morgan fingerprint density at radius 3 is 2.09 bits per heavy atom. The van der Waals surface area contributed by atoms with Crippen molar-refractivity contribution in [2.75, 3.05) is 11.9 Å². The minimum absolute atomic E-state index is 0.0868. The number of carboxylic acids is 1. The van der Waals surface area contributed by atoms with Crippen molar-refractivity contribution < 1.29 is 14.7 Å². The number of unbranched alkanes of at least 4 members (excludes halogenated alkanes) is 1. The summed E-state index contributed by atoms with van der Waals surface area (Å²) in [5.74, 6) is -1.19. The summed E-state index contributed by atoms with van der Waals surface area (Å²) in [6, 6.07) is 25.0. The van der Waals surface area contributed by atoms with E-state index in [1.165, 1.54) is 22.3 Å². The smallest absolute Gasteiger partial charge is 0.305 e. The first-order chi connectivity index (χ1) is 16.4. The van der Waals surface area contributed by atoms with Crippen LogP contribution in [0.4, 0.5) is 5.69 Å². The largest absolute Gasteiger partial charge is 0.481 e. The van der Waals surface area contributed by atoms with Crippen LogP contribution in [0.25, 0.3) is 11.1 Å². The Kier molecular flexibility index (Phi) is 9.27. The number of hydrogen-bond donors (Lipinski definition) is 3. The maximum Gasteiger partial charge on any atom is 0.305 e. The molecule has 3 aromatic carbocycles. The zero-order chi connectivity index (χ0) is 24.3. The van der Waals surface area contributed by atoms with Crippen molar-refractivity contribution in [2.45, 2.75) is 52.0 Å². The Hall–Kier alpha value is -3.60. The molecule has 0 aliphatic heterocycles. The second-order valence-corrected chi connectivity index (χ2v) is 8.73. The molecule has 0 aliphatic carbocycles. The number of amides is 1. The van der Waals surface area contributed by atoms with Gasteiger partial charge in [-0.25, -0.2) is 0 Å². The minimum Gasteiger partial charge on any atom is -0.481 e. The lowest BCUT2D eigenvalue weighted by atomic mass is 9.97. The van der Waals surface area contributed by atoms with Crippen LogP contribution in [0.3, 0.4) is 0 Å². The summed E-state index contributed by atoms with van der Waals surface area (Å²) in [5.41, 5.74) is 6.49. The quantitative estimate of drug-likeness (QED) is 0.307. The van der Waals surface area contributed by atoms with Gasteiger partial charge in [-0.15, -0.1) is 0 Å².